The topological polar surface area (TPSA) is 0 Å². The SMILES string of the molecule is CCCCCCCCCCC[C@H](CCCCCCC)c1ccc(C)cc1. The average molecular weight is 359 g/mol. The molecule has 0 nitrogen and oxygen atoms in total. The summed E-state index contributed by atoms with van der Waals surface area (Å²) in [6.45, 7) is 6.80. The lowest BCUT2D eigenvalue weighted by atomic mass is 9.88. The maximum Gasteiger partial charge on any atom is -0.0162 e. The number of unbranched alkanes of at least 4 members (excludes halogenated alkanes) is 12. The van der Waals surface area contributed by atoms with Crippen LogP contribution >= 0.6 is 0 Å². The van der Waals surface area contributed by atoms with Gasteiger partial charge in [0.15, 0.2) is 0 Å². The first-order chi connectivity index (χ1) is 12.8. The van der Waals surface area contributed by atoms with Crippen molar-refractivity contribution >= 4 is 0 Å². The molecule has 1 aromatic carbocycles. The number of hydrogen-bond acceptors (Lipinski definition) is 0. The zero-order valence-corrected chi connectivity index (χ0v) is 18.2. The molecule has 0 saturated heterocycles. The monoisotopic (exact) mass is 358 g/mol. The third-order valence-corrected chi connectivity index (χ3v) is 5.86. The van der Waals surface area contributed by atoms with Crippen molar-refractivity contribution in [3.05, 3.63) is 35.4 Å². The fourth-order valence-corrected chi connectivity index (χ4v) is 4.01. The lowest BCUT2D eigenvalue weighted by molar-refractivity contribution is 0.485. The van der Waals surface area contributed by atoms with Crippen LogP contribution in [0.25, 0.3) is 0 Å². The van der Waals surface area contributed by atoms with Gasteiger partial charge in [0.1, 0.15) is 0 Å². The molecule has 0 N–H and O–H groups in total. The molecule has 150 valence electrons. The van der Waals surface area contributed by atoms with Crippen molar-refractivity contribution in [1.29, 1.82) is 0 Å². The molecule has 0 fully saturated rings. The molecule has 0 aliphatic heterocycles. The molecule has 0 heteroatoms. The summed E-state index contributed by atoms with van der Waals surface area (Å²) in [6, 6.07) is 9.38. The second-order valence-electron chi connectivity index (χ2n) is 8.43. The zero-order valence-electron chi connectivity index (χ0n) is 18.2. The van der Waals surface area contributed by atoms with E-state index in [9.17, 15) is 0 Å². The van der Waals surface area contributed by atoms with Crippen LogP contribution in [-0.4, -0.2) is 0 Å². The largest absolute Gasteiger partial charge is 0.0654 e. The molecule has 0 aliphatic rings. The highest BCUT2D eigenvalue weighted by molar-refractivity contribution is 5.24. The summed E-state index contributed by atoms with van der Waals surface area (Å²) >= 11 is 0. The van der Waals surface area contributed by atoms with Crippen LogP contribution in [-0.2, 0) is 0 Å². The van der Waals surface area contributed by atoms with Crippen LogP contribution in [0.1, 0.15) is 134 Å². The molecule has 0 saturated carbocycles. The molecule has 1 aromatic rings. The molecular weight excluding hydrogens is 312 g/mol. The van der Waals surface area contributed by atoms with Gasteiger partial charge < -0.3 is 0 Å². The normalized spacial score (nSPS) is 12.4. The Morgan fingerprint density at radius 1 is 0.538 bits per heavy atom. The third-order valence-electron chi connectivity index (χ3n) is 5.86. The molecule has 0 heterocycles. The summed E-state index contributed by atoms with van der Waals surface area (Å²) in [4.78, 5) is 0. The van der Waals surface area contributed by atoms with Crippen molar-refractivity contribution in [2.75, 3.05) is 0 Å². The van der Waals surface area contributed by atoms with Crippen molar-refractivity contribution < 1.29 is 0 Å². The van der Waals surface area contributed by atoms with Gasteiger partial charge in [0, 0.05) is 0 Å². The number of hydrogen-bond donors (Lipinski definition) is 0. The first-order valence-electron chi connectivity index (χ1n) is 11.8. The van der Waals surface area contributed by atoms with Crippen molar-refractivity contribution in [3.63, 3.8) is 0 Å². The molecule has 0 aromatic heterocycles. The van der Waals surface area contributed by atoms with Crippen LogP contribution in [0.3, 0.4) is 0 Å². The van der Waals surface area contributed by atoms with Crippen molar-refractivity contribution in [1.82, 2.24) is 0 Å². The highest BCUT2D eigenvalue weighted by Crippen LogP contribution is 2.29. The number of rotatable bonds is 17. The van der Waals surface area contributed by atoms with Gasteiger partial charge in [-0.3, -0.25) is 0 Å². The summed E-state index contributed by atoms with van der Waals surface area (Å²) in [7, 11) is 0. The van der Waals surface area contributed by atoms with E-state index in [1.54, 1.807) is 5.56 Å². The fourth-order valence-electron chi connectivity index (χ4n) is 4.01. The van der Waals surface area contributed by atoms with E-state index in [1.165, 1.54) is 108 Å². The standard InChI is InChI=1S/C26H46/c1-4-6-8-10-11-12-13-15-17-19-25(18-16-14-9-7-5-2)26-22-20-24(3)21-23-26/h20-23,25H,4-19H2,1-3H3/t25-/m0/s1. The third kappa shape index (κ3) is 11.8. The van der Waals surface area contributed by atoms with Gasteiger partial charge in [-0.05, 0) is 31.2 Å². The van der Waals surface area contributed by atoms with Crippen molar-refractivity contribution in [2.24, 2.45) is 0 Å². The molecule has 0 unspecified atom stereocenters. The van der Waals surface area contributed by atoms with E-state index in [0.717, 1.165) is 5.92 Å². The van der Waals surface area contributed by atoms with E-state index in [-0.39, 0.29) is 0 Å². The molecule has 1 rings (SSSR count). The summed E-state index contributed by atoms with van der Waals surface area (Å²) in [5.41, 5.74) is 2.98. The Hall–Kier alpha value is -0.780. The molecule has 0 aliphatic carbocycles. The van der Waals surface area contributed by atoms with Crippen LogP contribution in [0.4, 0.5) is 0 Å². The Bertz CT molecular complexity index is 403. The maximum atomic E-state index is 2.39. The van der Waals surface area contributed by atoms with E-state index in [1.807, 2.05) is 0 Å². The van der Waals surface area contributed by atoms with Crippen LogP contribution < -0.4 is 0 Å². The molecule has 26 heavy (non-hydrogen) atoms. The quantitative estimate of drug-likeness (QED) is 0.243. The fraction of sp³-hybridized carbons (Fsp3) is 0.769. The highest BCUT2D eigenvalue weighted by Gasteiger charge is 2.11. The second kappa shape index (κ2) is 16.4. The van der Waals surface area contributed by atoms with Crippen molar-refractivity contribution in [2.45, 2.75) is 129 Å². The van der Waals surface area contributed by atoms with E-state index >= 15 is 0 Å². The summed E-state index contributed by atoms with van der Waals surface area (Å²) < 4.78 is 0. The Kier molecular flexibility index (Phi) is 14.7. The summed E-state index contributed by atoms with van der Waals surface area (Å²) in [5.74, 6) is 0.793. The van der Waals surface area contributed by atoms with Gasteiger partial charge in [0.2, 0.25) is 0 Å². The first-order valence-corrected chi connectivity index (χ1v) is 11.8. The Labute approximate surface area is 165 Å². The van der Waals surface area contributed by atoms with Gasteiger partial charge in [-0.2, -0.15) is 0 Å². The Morgan fingerprint density at radius 3 is 1.35 bits per heavy atom. The highest BCUT2D eigenvalue weighted by atomic mass is 14.2. The minimum Gasteiger partial charge on any atom is -0.0654 e. The summed E-state index contributed by atoms with van der Waals surface area (Å²) in [6.07, 6.45) is 22.7. The van der Waals surface area contributed by atoms with E-state index in [2.05, 4.69) is 45.0 Å². The first kappa shape index (κ1) is 23.3. The Morgan fingerprint density at radius 2 is 0.923 bits per heavy atom. The van der Waals surface area contributed by atoms with Crippen LogP contribution in [0.5, 0.6) is 0 Å². The predicted molar refractivity (Wildman–Crippen MR) is 119 cm³/mol. The lowest BCUT2D eigenvalue weighted by Crippen LogP contribution is -2.00. The van der Waals surface area contributed by atoms with E-state index < -0.39 is 0 Å². The molecule has 0 spiro atoms. The summed E-state index contributed by atoms with van der Waals surface area (Å²) in [5, 5.41) is 0. The van der Waals surface area contributed by atoms with E-state index in [0.29, 0.717) is 0 Å². The second-order valence-corrected chi connectivity index (χ2v) is 8.43. The van der Waals surface area contributed by atoms with E-state index in [4.69, 9.17) is 0 Å². The molecule has 1 atom stereocenters. The average Bonchev–Trinajstić information content (AvgIpc) is 2.65. The molecule has 0 radical (unpaired) electrons. The van der Waals surface area contributed by atoms with Gasteiger partial charge in [-0.15, -0.1) is 0 Å². The van der Waals surface area contributed by atoms with Crippen LogP contribution in [0, 0.1) is 6.92 Å². The minimum atomic E-state index is 0.793. The van der Waals surface area contributed by atoms with Gasteiger partial charge in [0.25, 0.3) is 0 Å². The lowest BCUT2D eigenvalue weighted by Gasteiger charge is -2.18. The molecular formula is C26H46. The van der Waals surface area contributed by atoms with Crippen LogP contribution in [0.2, 0.25) is 0 Å². The smallest absolute Gasteiger partial charge is 0.0162 e. The van der Waals surface area contributed by atoms with Gasteiger partial charge in [0.05, 0.1) is 0 Å². The Balaban J connectivity index is 2.25. The number of aryl methyl sites for hydroxylation is 1. The maximum absolute atomic E-state index is 2.39. The van der Waals surface area contributed by atoms with Crippen LogP contribution in [0.15, 0.2) is 24.3 Å². The zero-order chi connectivity index (χ0) is 18.9. The van der Waals surface area contributed by atoms with Gasteiger partial charge >= 0.3 is 0 Å². The number of benzene rings is 1. The van der Waals surface area contributed by atoms with Crippen molar-refractivity contribution in [3.8, 4) is 0 Å². The predicted octanol–water partition coefficient (Wildman–Crippen LogP) is 9.36. The minimum absolute atomic E-state index is 0.793. The van der Waals surface area contributed by atoms with Gasteiger partial charge in [-0.25, -0.2) is 0 Å². The molecule has 0 amide bonds. The van der Waals surface area contributed by atoms with Gasteiger partial charge in [-0.1, -0.05) is 134 Å². The molecule has 0 bridgehead atoms.